The van der Waals surface area contributed by atoms with Crippen LogP contribution >= 0.6 is 0 Å². The maximum atomic E-state index is 16.5. The van der Waals surface area contributed by atoms with E-state index in [2.05, 4.69) is 70.5 Å². The number of anilines is 1. The van der Waals surface area contributed by atoms with E-state index in [1.807, 2.05) is 39.8 Å². The molecular weight excluding hydrogens is 857 g/mol. The molecule has 4 amide bonds. The second kappa shape index (κ2) is 18.9. The fourth-order valence-electron chi connectivity index (χ4n) is 10.4. The average molecular weight is 922 g/mol. The van der Waals surface area contributed by atoms with Crippen LogP contribution in [0.1, 0.15) is 153 Å². The minimum Gasteiger partial charge on any atom is -0.453 e. The summed E-state index contributed by atoms with van der Waals surface area (Å²) < 4.78 is 37.7. The molecule has 3 aliphatic heterocycles. The number of aromatic amines is 2. The monoisotopic (exact) mass is 922 g/mol. The van der Waals surface area contributed by atoms with Gasteiger partial charge in [0.05, 0.1) is 42.3 Å². The molecule has 5 aromatic rings. The molecule has 67 heavy (non-hydrogen) atoms. The van der Waals surface area contributed by atoms with Crippen molar-refractivity contribution in [1.29, 1.82) is 0 Å². The van der Waals surface area contributed by atoms with Crippen molar-refractivity contribution in [1.82, 2.24) is 40.4 Å². The van der Waals surface area contributed by atoms with E-state index in [0.29, 0.717) is 61.5 Å². The lowest BCUT2D eigenvalue weighted by Gasteiger charge is -2.34. The van der Waals surface area contributed by atoms with Crippen LogP contribution in [0.25, 0.3) is 22.1 Å². The Balaban J connectivity index is 1.12. The molecule has 358 valence electrons. The highest BCUT2D eigenvalue weighted by molar-refractivity contribution is 5.89. The van der Waals surface area contributed by atoms with Crippen molar-refractivity contribution < 1.29 is 32.7 Å². The van der Waals surface area contributed by atoms with Crippen molar-refractivity contribution in [2.75, 3.05) is 25.1 Å². The van der Waals surface area contributed by atoms with Crippen LogP contribution in [-0.2, 0) is 24.5 Å². The number of alkyl carbamates (subject to hydrolysis) is 1. The van der Waals surface area contributed by atoms with E-state index in [1.165, 1.54) is 7.11 Å². The number of hydrogen-bond acceptors (Lipinski definition) is 8. The van der Waals surface area contributed by atoms with Gasteiger partial charge in [-0.15, -0.1) is 0 Å². The number of carbonyl (C=O) groups excluding carboxylic acids is 4. The number of methoxy groups -OCH3 is 1. The van der Waals surface area contributed by atoms with Crippen LogP contribution in [0.4, 0.5) is 19.3 Å². The van der Waals surface area contributed by atoms with Gasteiger partial charge < -0.3 is 40.0 Å². The summed E-state index contributed by atoms with van der Waals surface area (Å²) in [6.07, 6.45) is 3.62. The molecule has 0 aliphatic carbocycles. The third-order valence-electron chi connectivity index (χ3n) is 14.0. The molecule has 3 aliphatic rings. The van der Waals surface area contributed by atoms with Crippen LogP contribution in [0.3, 0.4) is 0 Å². The quantitative estimate of drug-likeness (QED) is 0.0960. The molecule has 16 heteroatoms. The first kappa shape index (κ1) is 47.4. The smallest absolute Gasteiger partial charge is 0.407 e. The first-order valence-corrected chi connectivity index (χ1v) is 23.9. The number of benzene rings is 3. The molecule has 0 spiro atoms. The van der Waals surface area contributed by atoms with E-state index >= 15 is 8.78 Å². The molecule has 6 atom stereocenters. The average Bonchev–Trinajstić information content (AvgIpc) is 4.15. The fraction of sp³-hybridized carbons (Fsp3) is 0.529. The largest absolute Gasteiger partial charge is 0.453 e. The summed E-state index contributed by atoms with van der Waals surface area (Å²) in [7, 11) is 1.26. The van der Waals surface area contributed by atoms with Gasteiger partial charge in [0.1, 0.15) is 34.8 Å². The van der Waals surface area contributed by atoms with Gasteiger partial charge in [-0.25, -0.2) is 23.5 Å². The lowest BCUT2D eigenvalue weighted by molar-refractivity contribution is -0.138. The van der Waals surface area contributed by atoms with E-state index in [1.54, 1.807) is 28.9 Å². The van der Waals surface area contributed by atoms with Crippen LogP contribution in [0.15, 0.2) is 48.5 Å². The molecule has 3 fully saturated rings. The summed E-state index contributed by atoms with van der Waals surface area (Å²) in [4.78, 5) is 74.3. The second-order valence-corrected chi connectivity index (χ2v) is 20.2. The van der Waals surface area contributed by atoms with Crippen LogP contribution < -0.4 is 15.5 Å². The Kier molecular flexibility index (Phi) is 13.4. The van der Waals surface area contributed by atoms with Gasteiger partial charge >= 0.3 is 6.09 Å². The molecule has 14 nitrogen and oxygen atoms in total. The number of imidazole rings is 2. The van der Waals surface area contributed by atoms with E-state index in [4.69, 9.17) is 14.7 Å². The Labute approximate surface area is 391 Å². The highest BCUT2D eigenvalue weighted by atomic mass is 19.1. The van der Waals surface area contributed by atoms with Gasteiger partial charge in [0.2, 0.25) is 17.7 Å². The SMILES string of the molecule is CCC(=O)N[C@H](C(=O)N1CCC[C@H]1c1nc2c(F)cc(C3CCC(c4cc(F)c5nc(C6CCCN6C(=O)C(NC(=O)OC)C(C)C)[nH]c5c4)N3c3ccc(C(C)(C)C)cc3)cc2[nH]1)C(C)C. The van der Waals surface area contributed by atoms with Crippen molar-refractivity contribution in [2.45, 2.75) is 142 Å². The van der Waals surface area contributed by atoms with Gasteiger partial charge in [-0.3, -0.25) is 14.4 Å². The fourth-order valence-corrected chi connectivity index (χ4v) is 10.4. The molecular formula is C51H65F2N9O5. The molecule has 3 aromatic carbocycles. The maximum Gasteiger partial charge on any atom is 0.407 e. The molecule has 0 saturated carbocycles. The minimum absolute atomic E-state index is 0.0902. The summed E-state index contributed by atoms with van der Waals surface area (Å²) in [6.45, 7) is 16.7. The molecule has 4 N–H and O–H groups in total. The Morgan fingerprint density at radius 2 is 1.18 bits per heavy atom. The van der Waals surface area contributed by atoms with Gasteiger partial charge in [0.25, 0.3) is 0 Å². The highest BCUT2D eigenvalue weighted by Crippen LogP contribution is 2.49. The normalized spacial score (nSPS) is 20.9. The van der Waals surface area contributed by atoms with Crippen molar-refractivity contribution in [2.24, 2.45) is 11.8 Å². The van der Waals surface area contributed by atoms with Crippen LogP contribution in [0.2, 0.25) is 0 Å². The predicted octanol–water partition coefficient (Wildman–Crippen LogP) is 9.36. The molecule has 0 radical (unpaired) electrons. The zero-order valence-electron chi connectivity index (χ0n) is 40.1. The summed E-state index contributed by atoms with van der Waals surface area (Å²) >= 11 is 0. The zero-order chi connectivity index (χ0) is 48.1. The molecule has 2 aromatic heterocycles. The summed E-state index contributed by atoms with van der Waals surface area (Å²) in [5.41, 5.74) is 4.85. The summed E-state index contributed by atoms with van der Waals surface area (Å²) in [5, 5.41) is 5.57. The molecule has 0 bridgehead atoms. The number of nitrogens with zero attached hydrogens (tertiary/aromatic N) is 5. The predicted molar refractivity (Wildman–Crippen MR) is 253 cm³/mol. The van der Waals surface area contributed by atoms with Crippen LogP contribution in [-0.4, -0.2) is 85.8 Å². The van der Waals surface area contributed by atoms with Crippen LogP contribution in [0.5, 0.6) is 0 Å². The Morgan fingerprint density at radius 1 is 0.716 bits per heavy atom. The number of carbonyl (C=O) groups is 4. The third-order valence-corrected chi connectivity index (χ3v) is 14.0. The van der Waals surface area contributed by atoms with E-state index in [-0.39, 0.29) is 64.5 Å². The van der Waals surface area contributed by atoms with E-state index < -0.39 is 41.9 Å². The zero-order valence-corrected chi connectivity index (χ0v) is 40.1. The number of H-pyrrole nitrogens is 2. The molecule has 8 rings (SSSR count). The Morgan fingerprint density at radius 3 is 1.60 bits per heavy atom. The van der Waals surface area contributed by atoms with Crippen molar-refractivity contribution in [3.05, 3.63) is 88.5 Å². The highest BCUT2D eigenvalue weighted by Gasteiger charge is 2.41. The topological polar surface area (TPSA) is 169 Å². The molecule has 4 unspecified atom stereocenters. The van der Waals surface area contributed by atoms with Crippen molar-refractivity contribution >= 4 is 51.6 Å². The van der Waals surface area contributed by atoms with E-state index in [9.17, 15) is 19.2 Å². The first-order valence-electron chi connectivity index (χ1n) is 23.9. The Hall–Kier alpha value is -6.06. The number of rotatable bonds is 12. The van der Waals surface area contributed by atoms with Gasteiger partial charge in [-0.1, -0.05) is 67.5 Å². The van der Waals surface area contributed by atoms with Crippen LogP contribution in [0, 0.1) is 23.5 Å². The second-order valence-electron chi connectivity index (χ2n) is 20.2. The number of fused-ring (bicyclic) bond motifs is 2. The maximum absolute atomic E-state index is 16.5. The number of ether oxygens (including phenoxy) is 1. The summed E-state index contributed by atoms with van der Waals surface area (Å²) in [6, 6.07) is 12.5. The third kappa shape index (κ3) is 9.32. The Bertz CT molecular complexity index is 2500. The van der Waals surface area contributed by atoms with Gasteiger partial charge in [-0.05, 0) is 109 Å². The van der Waals surface area contributed by atoms with Gasteiger partial charge in [0.15, 0.2) is 11.6 Å². The van der Waals surface area contributed by atoms with Crippen molar-refractivity contribution in [3.8, 4) is 0 Å². The minimum atomic E-state index is -0.804. The number of halogens is 2. The summed E-state index contributed by atoms with van der Waals surface area (Å²) in [5.74, 6) is -0.929. The number of hydrogen-bond donors (Lipinski definition) is 4. The molecule has 3 saturated heterocycles. The number of nitrogens with one attached hydrogen (secondary N) is 4. The lowest BCUT2D eigenvalue weighted by Crippen LogP contribution is -2.51. The number of aromatic nitrogens is 4. The van der Waals surface area contributed by atoms with Gasteiger partial charge in [-0.2, -0.15) is 0 Å². The van der Waals surface area contributed by atoms with Crippen molar-refractivity contribution in [3.63, 3.8) is 0 Å². The number of amides is 4. The first-order chi connectivity index (χ1) is 31.9. The standard InChI is InChI=1S/C51H65F2N9O5/c1-10-41(63)56-42(27(2)3)48(64)60-21-11-13-39(60)46-54-35-25-29(23-33(52)44(35)57-46)37-19-20-38(62(37)32-17-15-31(16-18-32)51(6,7)8)30-24-34(53)45-36(26-30)55-47(58-45)40-14-12-22-61(40)49(65)43(28(4)5)59-50(66)67-9/h15-18,23-28,37-40,42-43H,10-14,19-22H2,1-9H3,(H,54,57)(H,55,58)(H,56,63)(H,59,66)/t37?,38?,39-,40?,42-,43?/m0/s1. The van der Waals surface area contributed by atoms with Gasteiger partial charge in [0, 0.05) is 25.2 Å². The number of likely N-dealkylation sites (tertiary alicyclic amines) is 2. The van der Waals surface area contributed by atoms with E-state index in [0.717, 1.165) is 35.2 Å². The lowest BCUT2D eigenvalue weighted by atomic mass is 9.87. The molecule has 5 heterocycles.